The lowest BCUT2D eigenvalue weighted by Crippen LogP contribution is -2.40. The molecular weight excluding hydrogens is 324 g/mol. The van der Waals surface area contributed by atoms with Gasteiger partial charge < -0.3 is 20.1 Å². The molecule has 2 amide bonds. The van der Waals surface area contributed by atoms with Crippen LogP contribution in [0.5, 0.6) is 5.75 Å². The van der Waals surface area contributed by atoms with Crippen molar-refractivity contribution in [2.45, 2.75) is 19.3 Å². The summed E-state index contributed by atoms with van der Waals surface area (Å²) in [6, 6.07) is 4.50. The Balaban J connectivity index is 1.91. The molecule has 0 atom stereocenters. The standard InChI is InChI=1S/C15H17ClN2O5/c16-11-7-10(4-5-12(11)23-9-15(21)22)17-13(19)8-18-6-2-1-3-14(18)20/h4-5,7H,1-3,6,8-9H2,(H,17,19)(H,21,22). The number of likely N-dealkylation sites (tertiary alicyclic amines) is 1. The van der Waals surface area contributed by atoms with Crippen molar-refractivity contribution in [1.82, 2.24) is 4.90 Å². The minimum atomic E-state index is -1.11. The number of nitrogens with zero attached hydrogens (tertiary/aromatic N) is 1. The number of benzene rings is 1. The van der Waals surface area contributed by atoms with E-state index in [4.69, 9.17) is 21.4 Å². The Morgan fingerprint density at radius 1 is 1.35 bits per heavy atom. The van der Waals surface area contributed by atoms with Crippen LogP contribution in [-0.2, 0) is 14.4 Å². The second-order valence-corrected chi connectivity index (χ2v) is 5.56. The first kappa shape index (κ1) is 17.1. The topological polar surface area (TPSA) is 95.9 Å². The molecule has 23 heavy (non-hydrogen) atoms. The number of piperidine rings is 1. The van der Waals surface area contributed by atoms with Crippen molar-refractivity contribution in [2.75, 3.05) is 25.0 Å². The van der Waals surface area contributed by atoms with Crippen LogP contribution in [0.2, 0.25) is 5.02 Å². The summed E-state index contributed by atoms with van der Waals surface area (Å²) in [7, 11) is 0. The molecule has 7 nitrogen and oxygen atoms in total. The predicted octanol–water partition coefficient (Wildman–Crippen LogP) is 1.75. The average molecular weight is 341 g/mol. The summed E-state index contributed by atoms with van der Waals surface area (Å²) in [5, 5.41) is 11.4. The molecule has 2 rings (SSSR count). The molecule has 0 spiro atoms. The molecule has 0 bridgehead atoms. The van der Waals surface area contributed by atoms with E-state index in [0.717, 1.165) is 12.8 Å². The van der Waals surface area contributed by atoms with Gasteiger partial charge in [0.2, 0.25) is 11.8 Å². The zero-order valence-corrected chi connectivity index (χ0v) is 13.1. The van der Waals surface area contributed by atoms with Gasteiger partial charge >= 0.3 is 5.97 Å². The molecule has 0 saturated carbocycles. The fraction of sp³-hybridized carbons (Fsp3) is 0.400. The molecule has 124 valence electrons. The van der Waals surface area contributed by atoms with Crippen LogP contribution in [0.15, 0.2) is 18.2 Å². The van der Waals surface area contributed by atoms with E-state index < -0.39 is 12.6 Å². The minimum Gasteiger partial charge on any atom is -0.480 e. The van der Waals surface area contributed by atoms with E-state index in [1.54, 1.807) is 6.07 Å². The highest BCUT2D eigenvalue weighted by molar-refractivity contribution is 6.32. The lowest BCUT2D eigenvalue weighted by molar-refractivity contribution is -0.139. The van der Waals surface area contributed by atoms with Crippen molar-refractivity contribution in [1.29, 1.82) is 0 Å². The van der Waals surface area contributed by atoms with E-state index in [1.807, 2.05) is 0 Å². The van der Waals surface area contributed by atoms with Gasteiger partial charge in [-0.1, -0.05) is 11.6 Å². The molecule has 0 unspecified atom stereocenters. The highest BCUT2D eigenvalue weighted by atomic mass is 35.5. The minimum absolute atomic E-state index is 0.00766. The first-order valence-electron chi connectivity index (χ1n) is 7.17. The number of ether oxygens (including phenoxy) is 1. The van der Waals surface area contributed by atoms with Crippen molar-refractivity contribution in [3.05, 3.63) is 23.2 Å². The summed E-state index contributed by atoms with van der Waals surface area (Å²) in [6.45, 7) is 0.102. The number of hydrogen-bond acceptors (Lipinski definition) is 4. The van der Waals surface area contributed by atoms with Gasteiger partial charge in [0, 0.05) is 18.7 Å². The van der Waals surface area contributed by atoms with Crippen LogP contribution in [-0.4, -0.2) is 47.5 Å². The third-order valence-electron chi connectivity index (χ3n) is 3.32. The number of carboxylic acid groups (broad SMARTS) is 1. The van der Waals surface area contributed by atoms with Crippen molar-refractivity contribution in [2.24, 2.45) is 0 Å². The van der Waals surface area contributed by atoms with Crippen LogP contribution in [0.4, 0.5) is 5.69 Å². The van der Waals surface area contributed by atoms with E-state index in [2.05, 4.69) is 5.32 Å². The predicted molar refractivity (Wildman–Crippen MR) is 83.6 cm³/mol. The Labute approximate surface area is 138 Å². The lowest BCUT2D eigenvalue weighted by atomic mass is 10.1. The van der Waals surface area contributed by atoms with Crippen molar-refractivity contribution in [3.8, 4) is 5.75 Å². The third-order valence-corrected chi connectivity index (χ3v) is 3.62. The van der Waals surface area contributed by atoms with E-state index in [1.165, 1.54) is 17.0 Å². The van der Waals surface area contributed by atoms with Gasteiger partial charge in [-0.05, 0) is 31.0 Å². The highest BCUT2D eigenvalue weighted by Crippen LogP contribution is 2.27. The average Bonchev–Trinajstić information content (AvgIpc) is 2.48. The molecule has 0 aliphatic carbocycles. The van der Waals surface area contributed by atoms with Crippen LogP contribution >= 0.6 is 11.6 Å². The fourth-order valence-corrected chi connectivity index (χ4v) is 2.47. The van der Waals surface area contributed by atoms with Gasteiger partial charge in [-0.3, -0.25) is 9.59 Å². The van der Waals surface area contributed by atoms with E-state index >= 15 is 0 Å². The SMILES string of the molecule is O=C(O)COc1ccc(NC(=O)CN2CCCCC2=O)cc1Cl. The number of rotatable bonds is 6. The van der Waals surface area contributed by atoms with Crippen molar-refractivity contribution < 1.29 is 24.2 Å². The molecule has 0 aromatic heterocycles. The Hall–Kier alpha value is -2.28. The number of carboxylic acids is 1. The quantitative estimate of drug-likeness (QED) is 0.822. The van der Waals surface area contributed by atoms with Crippen LogP contribution < -0.4 is 10.1 Å². The van der Waals surface area contributed by atoms with Crippen LogP contribution in [0.3, 0.4) is 0 Å². The summed E-state index contributed by atoms with van der Waals surface area (Å²) in [5.74, 6) is -1.21. The van der Waals surface area contributed by atoms with Gasteiger partial charge in [0.15, 0.2) is 6.61 Å². The molecule has 1 aromatic carbocycles. The summed E-state index contributed by atoms with van der Waals surface area (Å²) in [6.07, 6.45) is 2.25. The smallest absolute Gasteiger partial charge is 0.341 e. The Bertz CT molecular complexity index is 620. The van der Waals surface area contributed by atoms with Gasteiger partial charge in [0.1, 0.15) is 5.75 Å². The number of amides is 2. The maximum Gasteiger partial charge on any atom is 0.341 e. The maximum absolute atomic E-state index is 12.0. The number of nitrogens with one attached hydrogen (secondary N) is 1. The maximum atomic E-state index is 12.0. The van der Waals surface area contributed by atoms with E-state index in [9.17, 15) is 14.4 Å². The number of halogens is 1. The largest absolute Gasteiger partial charge is 0.480 e. The second kappa shape index (κ2) is 7.82. The lowest BCUT2D eigenvalue weighted by Gasteiger charge is -2.26. The van der Waals surface area contributed by atoms with Crippen LogP contribution in [0, 0.1) is 0 Å². The molecular formula is C15H17ClN2O5. The van der Waals surface area contributed by atoms with E-state index in [-0.39, 0.29) is 29.1 Å². The number of carbonyl (C=O) groups excluding carboxylic acids is 2. The molecule has 1 fully saturated rings. The molecule has 1 aliphatic rings. The first-order chi connectivity index (χ1) is 11.0. The molecule has 0 radical (unpaired) electrons. The number of aliphatic carboxylic acids is 1. The molecule has 1 saturated heterocycles. The number of anilines is 1. The Morgan fingerprint density at radius 3 is 2.78 bits per heavy atom. The zero-order chi connectivity index (χ0) is 16.8. The molecule has 8 heteroatoms. The summed E-state index contributed by atoms with van der Waals surface area (Å²) in [4.78, 5) is 35.6. The fourth-order valence-electron chi connectivity index (χ4n) is 2.24. The zero-order valence-electron chi connectivity index (χ0n) is 12.4. The van der Waals surface area contributed by atoms with Crippen LogP contribution in [0.1, 0.15) is 19.3 Å². The van der Waals surface area contributed by atoms with E-state index in [0.29, 0.717) is 18.7 Å². The van der Waals surface area contributed by atoms with Gasteiger partial charge in [-0.15, -0.1) is 0 Å². The first-order valence-corrected chi connectivity index (χ1v) is 7.55. The number of carbonyl (C=O) groups is 3. The monoisotopic (exact) mass is 340 g/mol. The Morgan fingerprint density at radius 2 is 2.13 bits per heavy atom. The summed E-state index contributed by atoms with van der Waals surface area (Å²) >= 11 is 5.98. The Kier molecular flexibility index (Phi) is 5.81. The normalized spacial score (nSPS) is 14.5. The molecule has 1 aromatic rings. The van der Waals surface area contributed by atoms with Gasteiger partial charge in [-0.25, -0.2) is 4.79 Å². The van der Waals surface area contributed by atoms with Crippen molar-refractivity contribution in [3.63, 3.8) is 0 Å². The molecule has 2 N–H and O–H groups in total. The van der Waals surface area contributed by atoms with Crippen molar-refractivity contribution >= 4 is 35.1 Å². The third kappa shape index (κ3) is 5.14. The highest BCUT2D eigenvalue weighted by Gasteiger charge is 2.20. The van der Waals surface area contributed by atoms with Gasteiger partial charge in [-0.2, -0.15) is 0 Å². The molecule has 1 aliphatic heterocycles. The van der Waals surface area contributed by atoms with Gasteiger partial charge in [0.05, 0.1) is 11.6 Å². The van der Waals surface area contributed by atoms with Crippen LogP contribution in [0.25, 0.3) is 0 Å². The second-order valence-electron chi connectivity index (χ2n) is 5.15. The van der Waals surface area contributed by atoms with Gasteiger partial charge in [0.25, 0.3) is 0 Å². The number of hydrogen-bond donors (Lipinski definition) is 2. The summed E-state index contributed by atoms with van der Waals surface area (Å²) < 4.78 is 5.00. The summed E-state index contributed by atoms with van der Waals surface area (Å²) in [5.41, 5.74) is 0.451. The molecule has 1 heterocycles.